The van der Waals surface area contributed by atoms with Crippen molar-refractivity contribution in [2.24, 2.45) is 0 Å². The zero-order valence-electron chi connectivity index (χ0n) is 13.3. The molecule has 6 nitrogen and oxygen atoms in total. The molecule has 3 aromatic heterocycles. The Labute approximate surface area is 151 Å². The van der Waals surface area contributed by atoms with Crippen molar-refractivity contribution in [3.63, 3.8) is 0 Å². The van der Waals surface area contributed by atoms with Gasteiger partial charge in [-0.3, -0.25) is 14.0 Å². The summed E-state index contributed by atoms with van der Waals surface area (Å²) in [5.74, 6) is -0.250. The van der Waals surface area contributed by atoms with Crippen molar-refractivity contribution in [2.75, 3.05) is 7.05 Å². The predicted octanol–water partition coefficient (Wildman–Crippen LogP) is 2.90. The van der Waals surface area contributed by atoms with E-state index in [1.165, 1.54) is 11.3 Å². The minimum atomic E-state index is -0.127. The third-order valence-electron chi connectivity index (χ3n) is 3.86. The molecule has 2 N–H and O–H groups in total. The summed E-state index contributed by atoms with van der Waals surface area (Å²) in [4.78, 5) is 30.9. The van der Waals surface area contributed by atoms with Gasteiger partial charge in [-0.1, -0.05) is 12.1 Å². The Morgan fingerprint density at radius 1 is 1.20 bits per heavy atom. The fourth-order valence-corrected chi connectivity index (χ4v) is 4.26. The molecule has 0 aliphatic heterocycles. The van der Waals surface area contributed by atoms with E-state index < -0.39 is 0 Å². The third kappa shape index (κ3) is 2.90. The predicted molar refractivity (Wildman–Crippen MR) is 99.5 cm³/mol. The van der Waals surface area contributed by atoms with Crippen LogP contribution in [-0.2, 0) is 6.54 Å². The van der Waals surface area contributed by atoms with Gasteiger partial charge >= 0.3 is 0 Å². The number of thiophene rings is 1. The molecule has 0 saturated carbocycles. The lowest BCUT2D eigenvalue weighted by Gasteiger charge is -2.05. The number of carbonyl (C=O) groups is 2. The van der Waals surface area contributed by atoms with Crippen molar-refractivity contribution in [1.29, 1.82) is 0 Å². The summed E-state index contributed by atoms with van der Waals surface area (Å²) in [7, 11) is 1.60. The minimum absolute atomic E-state index is 0.123. The maximum Gasteiger partial charge on any atom is 0.261 e. The summed E-state index contributed by atoms with van der Waals surface area (Å²) in [5, 5.41) is 7.46. The molecule has 0 aliphatic carbocycles. The second-order valence-electron chi connectivity index (χ2n) is 5.43. The van der Waals surface area contributed by atoms with Crippen LogP contribution in [-0.4, -0.2) is 28.2 Å². The first-order valence-corrected chi connectivity index (χ1v) is 9.29. The average molecular weight is 370 g/mol. The highest BCUT2D eigenvalue weighted by Crippen LogP contribution is 2.28. The molecular weight excluding hydrogens is 356 g/mol. The van der Waals surface area contributed by atoms with Crippen molar-refractivity contribution in [2.45, 2.75) is 6.54 Å². The Morgan fingerprint density at radius 2 is 2.00 bits per heavy atom. The molecule has 0 atom stereocenters. The number of benzene rings is 1. The molecule has 0 fully saturated rings. The Balaban J connectivity index is 1.46. The quantitative estimate of drug-likeness (QED) is 0.580. The first-order chi connectivity index (χ1) is 12.2. The minimum Gasteiger partial charge on any atom is -0.355 e. The monoisotopic (exact) mass is 370 g/mol. The van der Waals surface area contributed by atoms with E-state index in [4.69, 9.17) is 0 Å². The van der Waals surface area contributed by atoms with E-state index in [0.717, 1.165) is 20.9 Å². The SMILES string of the molecule is CNC(=O)c1ccc(CNC(=O)c2cc3c(nc4sccn43)s2)cc1. The van der Waals surface area contributed by atoms with Gasteiger partial charge in [0.25, 0.3) is 11.8 Å². The molecule has 0 saturated heterocycles. The van der Waals surface area contributed by atoms with Crippen molar-refractivity contribution in [3.05, 3.63) is 57.9 Å². The highest BCUT2D eigenvalue weighted by atomic mass is 32.1. The van der Waals surface area contributed by atoms with Crippen LogP contribution >= 0.6 is 22.7 Å². The largest absolute Gasteiger partial charge is 0.355 e. The topological polar surface area (TPSA) is 75.5 Å². The number of thiazole rings is 1. The number of nitrogens with zero attached hydrogens (tertiary/aromatic N) is 2. The van der Waals surface area contributed by atoms with Crippen LogP contribution in [0.1, 0.15) is 25.6 Å². The Kier molecular flexibility index (Phi) is 3.98. The number of hydrogen-bond acceptors (Lipinski definition) is 5. The van der Waals surface area contributed by atoms with Gasteiger partial charge in [0.1, 0.15) is 4.83 Å². The van der Waals surface area contributed by atoms with E-state index in [1.807, 2.05) is 34.2 Å². The molecule has 0 aliphatic rings. The van der Waals surface area contributed by atoms with Gasteiger partial charge in [0.15, 0.2) is 4.96 Å². The number of carbonyl (C=O) groups excluding carboxylic acids is 2. The number of fused-ring (bicyclic) bond motifs is 3. The summed E-state index contributed by atoms with van der Waals surface area (Å²) in [5.41, 5.74) is 2.49. The first-order valence-electron chi connectivity index (χ1n) is 7.60. The summed E-state index contributed by atoms with van der Waals surface area (Å²) < 4.78 is 1.99. The van der Waals surface area contributed by atoms with Crippen molar-refractivity contribution in [1.82, 2.24) is 20.0 Å². The van der Waals surface area contributed by atoms with Gasteiger partial charge in [-0.15, -0.1) is 22.7 Å². The molecule has 25 heavy (non-hydrogen) atoms. The smallest absolute Gasteiger partial charge is 0.261 e. The molecule has 3 heterocycles. The Bertz CT molecular complexity index is 1080. The van der Waals surface area contributed by atoms with Gasteiger partial charge in [-0.2, -0.15) is 0 Å². The van der Waals surface area contributed by atoms with Gasteiger partial charge in [-0.25, -0.2) is 4.98 Å². The normalized spacial score (nSPS) is 11.1. The van der Waals surface area contributed by atoms with Crippen LogP contribution in [0, 0.1) is 0 Å². The highest BCUT2D eigenvalue weighted by Gasteiger charge is 2.14. The van der Waals surface area contributed by atoms with Crippen LogP contribution < -0.4 is 10.6 Å². The maximum absolute atomic E-state index is 12.4. The molecular formula is C17H14N4O2S2. The van der Waals surface area contributed by atoms with Crippen LogP contribution in [0.5, 0.6) is 0 Å². The number of aromatic nitrogens is 2. The fraction of sp³-hybridized carbons (Fsp3) is 0.118. The molecule has 126 valence electrons. The second-order valence-corrected chi connectivity index (χ2v) is 7.33. The molecule has 1 aromatic carbocycles. The van der Waals surface area contributed by atoms with Gasteiger partial charge in [0, 0.05) is 30.7 Å². The molecule has 8 heteroatoms. The van der Waals surface area contributed by atoms with Crippen LogP contribution in [0.3, 0.4) is 0 Å². The van der Waals surface area contributed by atoms with Gasteiger partial charge < -0.3 is 10.6 Å². The van der Waals surface area contributed by atoms with Crippen LogP contribution in [0.25, 0.3) is 15.3 Å². The first kappa shape index (κ1) is 15.8. The number of imidazole rings is 1. The molecule has 4 rings (SSSR count). The van der Waals surface area contributed by atoms with Gasteiger partial charge in [0.05, 0.1) is 10.4 Å². The Morgan fingerprint density at radius 3 is 2.76 bits per heavy atom. The fourth-order valence-electron chi connectivity index (χ4n) is 2.55. The van der Waals surface area contributed by atoms with Crippen LogP contribution in [0.15, 0.2) is 41.9 Å². The molecule has 0 spiro atoms. The molecule has 0 unspecified atom stereocenters. The van der Waals surface area contributed by atoms with E-state index in [2.05, 4.69) is 15.6 Å². The van der Waals surface area contributed by atoms with Gasteiger partial charge in [0.2, 0.25) is 0 Å². The molecule has 4 aromatic rings. The van der Waals surface area contributed by atoms with Crippen molar-refractivity contribution in [3.8, 4) is 0 Å². The molecule has 2 amide bonds. The third-order valence-corrected chi connectivity index (χ3v) is 5.63. The zero-order chi connectivity index (χ0) is 17.4. The molecule has 0 radical (unpaired) electrons. The van der Waals surface area contributed by atoms with E-state index >= 15 is 0 Å². The lowest BCUT2D eigenvalue weighted by molar-refractivity contribution is 0.0949. The summed E-state index contributed by atoms with van der Waals surface area (Å²) >= 11 is 2.96. The molecule has 0 bridgehead atoms. The van der Waals surface area contributed by atoms with Crippen LogP contribution in [0.4, 0.5) is 0 Å². The van der Waals surface area contributed by atoms with E-state index in [1.54, 1.807) is 30.5 Å². The number of rotatable bonds is 4. The average Bonchev–Trinajstić information content (AvgIpc) is 3.31. The Hall–Kier alpha value is -2.71. The number of amides is 2. The van der Waals surface area contributed by atoms with E-state index in [9.17, 15) is 9.59 Å². The standard InChI is InChI=1S/C17H14N4O2S2/c1-18-14(22)11-4-2-10(3-5-11)9-19-15(23)13-8-12-16(25-13)20-17-21(12)6-7-24-17/h2-8H,9H2,1H3,(H,18,22)(H,19,23). The van der Waals surface area contributed by atoms with Crippen molar-refractivity contribution >= 4 is 49.8 Å². The number of hydrogen-bond donors (Lipinski definition) is 2. The second kappa shape index (κ2) is 6.30. The number of nitrogens with one attached hydrogen (secondary N) is 2. The van der Waals surface area contributed by atoms with E-state index in [-0.39, 0.29) is 11.8 Å². The lowest BCUT2D eigenvalue weighted by Crippen LogP contribution is -2.22. The highest BCUT2D eigenvalue weighted by molar-refractivity contribution is 7.21. The zero-order valence-corrected chi connectivity index (χ0v) is 14.9. The summed E-state index contributed by atoms with van der Waals surface area (Å²) in [6, 6.07) is 9.03. The van der Waals surface area contributed by atoms with E-state index in [0.29, 0.717) is 17.0 Å². The summed E-state index contributed by atoms with van der Waals surface area (Å²) in [6.07, 6.45) is 1.96. The maximum atomic E-state index is 12.4. The summed E-state index contributed by atoms with van der Waals surface area (Å²) in [6.45, 7) is 0.406. The lowest BCUT2D eigenvalue weighted by atomic mass is 10.1. The van der Waals surface area contributed by atoms with Crippen molar-refractivity contribution < 1.29 is 9.59 Å². The van der Waals surface area contributed by atoms with Gasteiger partial charge in [-0.05, 0) is 23.8 Å². The van der Waals surface area contributed by atoms with Crippen LogP contribution in [0.2, 0.25) is 0 Å².